The number of Topliss-reactive ketones (excluding diaryl/α,β-unsaturated/α-hetero) is 1. The molecule has 1 heterocycles. The summed E-state index contributed by atoms with van der Waals surface area (Å²) in [7, 11) is 0. The van der Waals surface area contributed by atoms with E-state index in [1.807, 2.05) is 77.6 Å². The maximum atomic E-state index is 12.2. The average molecular weight is 380 g/mol. The smallest absolute Gasteiger partial charge is 0.227 e. The van der Waals surface area contributed by atoms with E-state index >= 15 is 0 Å². The summed E-state index contributed by atoms with van der Waals surface area (Å²) < 4.78 is 1.90. The number of carbonyl (C=O) groups excluding carboxylic acids is 1. The van der Waals surface area contributed by atoms with E-state index in [4.69, 9.17) is 0 Å². The second-order valence-corrected chi connectivity index (χ2v) is 5.34. The zero-order chi connectivity index (χ0) is 15.9. The van der Waals surface area contributed by atoms with Gasteiger partial charge >= 0.3 is 0 Å². The highest BCUT2D eigenvalue weighted by molar-refractivity contribution is 5.94. The molecule has 2 nitrogen and oxygen atoms in total. The fourth-order valence-electron chi connectivity index (χ4n) is 2.32. The van der Waals surface area contributed by atoms with Gasteiger partial charge < -0.3 is 17.0 Å². The van der Waals surface area contributed by atoms with Gasteiger partial charge in [0.2, 0.25) is 12.3 Å². The highest BCUT2D eigenvalue weighted by Crippen LogP contribution is 2.06. The van der Waals surface area contributed by atoms with Crippen LogP contribution in [0.25, 0.3) is 12.2 Å². The Morgan fingerprint density at radius 1 is 0.750 bits per heavy atom. The van der Waals surface area contributed by atoms with Crippen molar-refractivity contribution in [2.45, 2.75) is 6.54 Å². The number of hydrogen-bond donors (Lipinski definition) is 0. The van der Waals surface area contributed by atoms with Crippen molar-refractivity contribution in [2.24, 2.45) is 0 Å². The third-order valence-electron chi connectivity index (χ3n) is 3.61. The van der Waals surface area contributed by atoms with Gasteiger partial charge in [-0.15, -0.1) is 0 Å². The van der Waals surface area contributed by atoms with Crippen molar-refractivity contribution in [3.63, 3.8) is 0 Å². The molecule has 0 radical (unpaired) electrons. The summed E-state index contributed by atoms with van der Waals surface area (Å²) in [6, 6.07) is 23.6. The van der Waals surface area contributed by atoms with E-state index in [2.05, 4.69) is 24.3 Å². The predicted octanol–water partition coefficient (Wildman–Crippen LogP) is 1.03. The van der Waals surface area contributed by atoms with Gasteiger partial charge in [-0.3, -0.25) is 4.79 Å². The molecule has 0 aliphatic rings. The number of hydrogen-bond acceptors (Lipinski definition) is 1. The molecule has 0 atom stereocenters. The molecule has 120 valence electrons. The number of carbonyl (C=O) groups is 1. The Hall–Kier alpha value is -2.52. The Kier molecular flexibility index (Phi) is 6.64. The molecule has 3 heteroatoms. The lowest BCUT2D eigenvalue weighted by Crippen LogP contribution is -3.00. The molecule has 0 saturated carbocycles. The van der Waals surface area contributed by atoms with E-state index in [0.717, 1.165) is 11.1 Å². The highest BCUT2D eigenvalue weighted by atomic mass is 79.9. The maximum absolute atomic E-state index is 12.2. The summed E-state index contributed by atoms with van der Waals surface area (Å²) in [6.45, 7) is 0.354. The molecular weight excluding hydrogens is 362 g/mol. The fraction of sp³-hybridized carbons (Fsp3) is 0.0476. The van der Waals surface area contributed by atoms with Crippen LogP contribution in [0, 0.1) is 0 Å². The molecule has 0 bridgehead atoms. The van der Waals surface area contributed by atoms with Gasteiger partial charge in [0.05, 0.1) is 0 Å². The van der Waals surface area contributed by atoms with Crippen LogP contribution >= 0.6 is 0 Å². The first-order valence-corrected chi connectivity index (χ1v) is 7.62. The van der Waals surface area contributed by atoms with Crippen LogP contribution in [-0.4, -0.2) is 5.78 Å². The molecule has 2 aromatic carbocycles. The van der Waals surface area contributed by atoms with Gasteiger partial charge in [-0.2, -0.15) is 4.57 Å². The molecule has 3 aromatic rings. The van der Waals surface area contributed by atoms with E-state index in [9.17, 15) is 4.79 Å². The lowest BCUT2D eigenvalue weighted by Gasteiger charge is -1.98. The molecule has 24 heavy (non-hydrogen) atoms. The first kappa shape index (κ1) is 17.8. The molecule has 0 aliphatic carbocycles. The Bertz CT molecular complexity index is 796. The van der Waals surface area contributed by atoms with Gasteiger partial charge in [0.25, 0.3) is 0 Å². The minimum absolute atomic E-state index is 0. The summed E-state index contributed by atoms with van der Waals surface area (Å²) >= 11 is 0. The van der Waals surface area contributed by atoms with Crippen molar-refractivity contribution in [2.75, 3.05) is 0 Å². The molecule has 0 spiro atoms. The monoisotopic (exact) mass is 379 g/mol. The van der Waals surface area contributed by atoms with Crippen molar-refractivity contribution in [3.05, 3.63) is 102 Å². The number of benzene rings is 2. The first-order chi connectivity index (χ1) is 11.3. The lowest BCUT2D eigenvalue weighted by molar-refractivity contribution is -0.683. The zero-order valence-corrected chi connectivity index (χ0v) is 14.8. The van der Waals surface area contributed by atoms with Crippen LogP contribution in [0.1, 0.15) is 21.5 Å². The Morgan fingerprint density at radius 3 is 1.83 bits per heavy atom. The van der Waals surface area contributed by atoms with Crippen LogP contribution in [0.3, 0.4) is 0 Å². The van der Waals surface area contributed by atoms with Crippen LogP contribution in [0.4, 0.5) is 0 Å². The normalized spacial score (nSPS) is 10.3. The summed E-state index contributed by atoms with van der Waals surface area (Å²) in [5, 5.41) is 0. The predicted molar refractivity (Wildman–Crippen MR) is 92.8 cm³/mol. The van der Waals surface area contributed by atoms with Crippen LogP contribution < -0.4 is 21.5 Å². The van der Waals surface area contributed by atoms with E-state index < -0.39 is 0 Å². The summed E-state index contributed by atoms with van der Waals surface area (Å²) in [5.41, 5.74) is 3.02. The molecule has 0 saturated heterocycles. The van der Waals surface area contributed by atoms with Crippen LogP contribution in [0.15, 0.2) is 85.2 Å². The van der Waals surface area contributed by atoms with E-state index in [1.54, 1.807) is 0 Å². The number of halogens is 1. The SMILES string of the molecule is O=C(C[n+]1ccc(/C=C/c2ccccc2)cc1)c1ccccc1.[Br-]. The first-order valence-electron chi connectivity index (χ1n) is 7.62. The van der Waals surface area contributed by atoms with Gasteiger partial charge in [0.15, 0.2) is 12.4 Å². The maximum Gasteiger partial charge on any atom is 0.227 e. The topological polar surface area (TPSA) is 20.9 Å². The van der Waals surface area contributed by atoms with Crippen LogP contribution in [-0.2, 0) is 6.54 Å². The fourth-order valence-corrected chi connectivity index (χ4v) is 2.32. The van der Waals surface area contributed by atoms with Gasteiger partial charge in [-0.25, -0.2) is 0 Å². The molecule has 0 fully saturated rings. The van der Waals surface area contributed by atoms with Crippen LogP contribution in [0.5, 0.6) is 0 Å². The summed E-state index contributed by atoms with van der Waals surface area (Å²) in [5.74, 6) is 0.114. The molecule has 0 aliphatic heterocycles. The molecule has 3 rings (SSSR count). The number of ketones is 1. The van der Waals surface area contributed by atoms with E-state index in [0.29, 0.717) is 6.54 Å². The highest BCUT2D eigenvalue weighted by Gasteiger charge is 2.10. The summed E-state index contributed by atoms with van der Waals surface area (Å²) in [4.78, 5) is 12.2. The minimum atomic E-state index is 0. The number of aromatic nitrogens is 1. The lowest BCUT2D eigenvalue weighted by atomic mass is 10.1. The van der Waals surface area contributed by atoms with Crippen molar-refractivity contribution in [1.29, 1.82) is 0 Å². The third-order valence-corrected chi connectivity index (χ3v) is 3.61. The van der Waals surface area contributed by atoms with Crippen molar-refractivity contribution >= 4 is 17.9 Å². The van der Waals surface area contributed by atoms with E-state index in [-0.39, 0.29) is 22.8 Å². The molecule has 0 unspecified atom stereocenters. The number of pyridine rings is 1. The molecule has 0 N–H and O–H groups in total. The van der Waals surface area contributed by atoms with Crippen molar-refractivity contribution < 1.29 is 26.3 Å². The number of rotatable bonds is 5. The Balaban J connectivity index is 0.00000208. The van der Waals surface area contributed by atoms with Crippen LogP contribution in [0.2, 0.25) is 0 Å². The van der Waals surface area contributed by atoms with Gasteiger partial charge in [0, 0.05) is 17.7 Å². The third kappa shape index (κ3) is 5.00. The number of nitrogens with zero attached hydrogens (tertiary/aromatic N) is 1. The Labute approximate surface area is 152 Å². The molecular formula is C21H18BrNO. The van der Waals surface area contributed by atoms with Crippen molar-refractivity contribution in [1.82, 2.24) is 0 Å². The van der Waals surface area contributed by atoms with Gasteiger partial charge in [-0.1, -0.05) is 72.8 Å². The second-order valence-electron chi connectivity index (χ2n) is 5.34. The second kappa shape index (κ2) is 8.94. The standard InChI is InChI=1S/C21H18NO.BrH/c23-21(20-9-5-2-6-10-20)17-22-15-13-19(14-16-22)12-11-18-7-3-1-4-8-18;/h1-16H,17H2;1H/q+1;/p-1/b12-11+;. The molecule has 0 amide bonds. The van der Waals surface area contributed by atoms with Crippen molar-refractivity contribution in [3.8, 4) is 0 Å². The zero-order valence-electron chi connectivity index (χ0n) is 13.2. The summed E-state index contributed by atoms with van der Waals surface area (Å²) in [6.07, 6.45) is 8.02. The Morgan fingerprint density at radius 2 is 1.25 bits per heavy atom. The van der Waals surface area contributed by atoms with Gasteiger partial charge in [0.1, 0.15) is 0 Å². The largest absolute Gasteiger partial charge is 1.00 e. The van der Waals surface area contributed by atoms with E-state index in [1.165, 1.54) is 5.56 Å². The molecule has 1 aromatic heterocycles. The average Bonchev–Trinajstić information content (AvgIpc) is 2.63. The quantitative estimate of drug-likeness (QED) is 0.479. The minimum Gasteiger partial charge on any atom is -1.00 e. The van der Waals surface area contributed by atoms with Gasteiger partial charge in [-0.05, 0) is 11.1 Å².